The Morgan fingerprint density at radius 1 is 1.24 bits per heavy atom. The van der Waals surface area contributed by atoms with Gasteiger partial charge in [-0.05, 0) is 18.3 Å². The molecule has 144 valence electrons. The number of Topliss-reactive ketones (excluding diaryl/α,β-unsaturated/α-hetero) is 1. The summed E-state index contributed by atoms with van der Waals surface area (Å²) in [6.45, 7) is 8.23. The van der Waals surface area contributed by atoms with Crippen LogP contribution in [0.4, 0.5) is 0 Å². The van der Waals surface area contributed by atoms with E-state index in [-0.39, 0.29) is 29.3 Å². The van der Waals surface area contributed by atoms with Gasteiger partial charge in [-0.3, -0.25) is 4.79 Å². The molecule has 0 fully saturated rings. The molecular weight excluding hydrogens is 346 g/mol. The molecule has 0 aromatic heterocycles. The van der Waals surface area contributed by atoms with Gasteiger partial charge in [0.15, 0.2) is 5.78 Å². The van der Waals surface area contributed by atoms with Gasteiger partial charge >= 0.3 is 10.1 Å². The Morgan fingerprint density at radius 3 is 2.48 bits per heavy atom. The van der Waals surface area contributed by atoms with E-state index in [9.17, 15) is 13.2 Å². The number of hydrogen-bond acceptors (Lipinski definition) is 7. The minimum absolute atomic E-state index is 0.0151. The van der Waals surface area contributed by atoms with Crippen LogP contribution in [0.1, 0.15) is 59.8 Å². The van der Waals surface area contributed by atoms with Crippen LogP contribution in [-0.4, -0.2) is 39.6 Å². The first-order valence-electron chi connectivity index (χ1n) is 8.52. The molecule has 1 rings (SSSR count). The van der Waals surface area contributed by atoms with Crippen molar-refractivity contribution in [3.05, 3.63) is 11.3 Å². The zero-order chi connectivity index (χ0) is 19.1. The van der Waals surface area contributed by atoms with Crippen LogP contribution in [0, 0.1) is 5.41 Å². The average Bonchev–Trinajstić information content (AvgIpc) is 2.45. The second kappa shape index (κ2) is 9.33. The highest BCUT2D eigenvalue weighted by Gasteiger charge is 2.37. The standard InChI is InChI=1S/C17H29NO6S/c1-6-8-9-22-12-23-18-13(7-2)16-14(19)10-17(3,4)11-15(16)24-25(5,20)21/h6-12H2,1-5H3. The van der Waals surface area contributed by atoms with Crippen molar-refractivity contribution in [1.29, 1.82) is 0 Å². The van der Waals surface area contributed by atoms with Gasteiger partial charge in [0.1, 0.15) is 5.76 Å². The summed E-state index contributed by atoms with van der Waals surface area (Å²) in [6.07, 6.45) is 3.96. The predicted molar refractivity (Wildman–Crippen MR) is 95.5 cm³/mol. The van der Waals surface area contributed by atoms with Crippen molar-refractivity contribution in [2.75, 3.05) is 19.7 Å². The maximum Gasteiger partial charge on any atom is 0.305 e. The first-order chi connectivity index (χ1) is 11.6. The number of ketones is 1. The second-order valence-electron chi connectivity index (χ2n) is 6.93. The molecule has 1 aliphatic rings. The highest BCUT2D eigenvalue weighted by molar-refractivity contribution is 7.86. The highest BCUT2D eigenvalue weighted by atomic mass is 32.2. The van der Waals surface area contributed by atoms with Crippen LogP contribution in [0.15, 0.2) is 16.5 Å². The maximum atomic E-state index is 12.6. The Bertz CT molecular complexity index is 634. The fourth-order valence-electron chi connectivity index (χ4n) is 2.57. The van der Waals surface area contributed by atoms with Crippen molar-refractivity contribution in [3.63, 3.8) is 0 Å². The minimum Gasteiger partial charge on any atom is -0.386 e. The predicted octanol–water partition coefficient (Wildman–Crippen LogP) is 3.16. The molecule has 0 spiro atoms. The van der Waals surface area contributed by atoms with Crippen LogP contribution in [0.3, 0.4) is 0 Å². The topological polar surface area (TPSA) is 91.3 Å². The molecule has 7 nitrogen and oxygen atoms in total. The molecule has 8 heteroatoms. The Balaban J connectivity index is 3.03. The lowest BCUT2D eigenvalue weighted by molar-refractivity contribution is -0.117. The lowest BCUT2D eigenvalue weighted by atomic mass is 9.75. The van der Waals surface area contributed by atoms with E-state index in [2.05, 4.69) is 12.1 Å². The molecule has 0 heterocycles. The number of carbonyl (C=O) groups excluding carboxylic acids is 1. The lowest BCUT2D eigenvalue weighted by Gasteiger charge is -2.31. The number of hydrogen-bond donors (Lipinski definition) is 0. The van der Waals surface area contributed by atoms with Crippen LogP contribution in [-0.2, 0) is 28.7 Å². The lowest BCUT2D eigenvalue weighted by Crippen LogP contribution is -2.30. The third-order valence-corrected chi connectivity index (χ3v) is 4.17. The van der Waals surface area contributed by atoms with Gasteiger partial charge in [-0.2, -0.15) is 8.42 Å². The van der Waals surface area contributed by atoms with Gasteiger partial charge in [0.05, 0.1) is 24.1 Å². The Hall–Kier alpha value is -1.41. The molecule has 0 amide bonds. The summed E-state index contributed by atoms with van der Waals surface area (Å²) >= 11 is 0. The molecule has 0 aromatic rings. The van der Waals surface area contributed by atoms with Crippen LogP contribution >= 0.6 is 0 Å². The summed E-state index contributed by atoms with van der Waals surface area (Å²) in [4.78, 5) is 17.7. The number of rotatable bonds is 10. The molecule has 0 atom stereocenters. The van der Waals surface area contributed by atoms with Gasteiger partial charge in [0.25, 0.3) is 0 Å². The van der Waals surface area contributed by atoms with Crippen molar-refractivity contribution < 1.29 is 27.0 Å². The fraction of sp³-hybridized carbons (Fsp3) is 0.765. The fourth-order valence-corrected chi connectivity index (χ4v) is 3.08. The van der Waals surface area contributed by atoms with Crippen LogP contribution in [0.2, 0.25) is 0 Å². The smallest absolute Gasteiger partial charge is 0.305 e. The van der Waals surface area contributed by atoms with E-state index in [1.165, 1.54) is 0 Å². The molecule has 0 aromatic carbocycles. The molecule has 0 saturated carbocycles. The van der Waals surface area contributed by atoms with Gasteiger partial charge in [0, 0.05) is 12.8 Å². The zero-order valence-corrected chi connectivity index (χ0v) is 16.6. The monoisotopic (exact) mass is 375 g/mol. The Morgan fingerprint density at radius 2 is 1.92 bits per heavy atom. The SMILES string of the molecule is CCCCOCON=C(CC)C1=C(OS(C)(=O)=O)CC(C)(C)CC1=O. The summed E-state index contributed by atoms with van der Waals surface area (Å²) in [7, 11) is -3.74. The Labute approximate surface area is 150 Å². The number of allylic oxidation sites excluding steroid dienone is 2. The number of oxime groups is 1. The molecule has 0 aliphatic heterocycles. The number of unbranched alkanes of at least 4 members (excludes halogenated alkanes) is 1. The van der Waals surface area contributed by atoms with Crippen molar-refractivity contribution in [3.8, 4) is 0 Å². The van der Waals surface area contributed by atoms with E-state index in [4.69, 9.17) is 13.8 Å². The highest BCUT2D eigenvalue weighted by Crippen LogP contribution is 2.38. The number of ether oxygens (including phenoxy) is 1. The molecule has 25 heavy (non-hydrogen) atoms. The van der Waals surface area contributed by atoms with Crippen LogP contribution in [0.5, 0.6) is 0 Å². The van der Waals surface area contributed by atoms with E-state index < -0.39 is 10.1 Å². The largest absolute Gasteiger partial charge is 0.386 e. The number of nitrogens with zero attached hydrogens (tertiary/aromatic N) is 1. The van der Waals surface area contributed by atoms with Crippen molar-refractivity contribution in [2.24, 2.45) is 10.6 Å². The third-order valence-electron chi connectivity index (χ3n) is 3.66. The van der Waals surface area contributed by atoms with E-state index in [1.54, 1.807) is 0 Å². The third kappa shape index (κ3) is 7.56. The molecule has 0 bridgehead atoms. The second-order valence-corrected chi connectivity index (χ2v) is 8.50. The minimum atomic E-state index is -3.74. The van der Waals surface area contributed by atoms with Crippen molar-refractivity contribution >= 4 is 21.6 Å². The van der Waals surface area contributed by atoms with E-state index in [1.807, 2.05) is 20.8 Å². The number of carbonyl (C=O) groups is 1. The summed E-state index contributed by atoms with van der Waals surface area (Å²) in [5.74, 6) is -0.0501. The zero-order valence-electron chi connectivity index (χ0n) is 15.8. The van der Waals surface area contributed by atoms with Gasteiger partial charge in [-0.1, -0.05) is 39.3 Å². The quantitative estimate of drug-likeness (QED) is 0.191. The van der Waals surface area contributed by atoms with Gasteiger partial charge in [-0.25, -0.2) is 0 Å². The first-order valence-corrected chi connectivity index (χ1v) is 10.3. The molecule has 0 saturated heterocycles. The van der Waals surface area contributed by atoms with Crippen LogP contribution in [0.25, 0.3) is 0 Å². The molecule has 0 unspecified atom stereocenters. The molecule has 1 aliphatic carbocycles. The molecule has 0 radical (unpaired) electrons. The summed E-state index contributed by atoms with van der Waals surface area (Å²) in [5.41, 5.74) is 0.211. The first kappa shape index (κ1) is 21.6. The molecule has 0 N–H and O–H groups in total. The maximum absolute atomic E-state index is 12.6. The normalized spacial score (nSPS) is 18.4. The van der Waals surface area contributed by atoms with Crippen molar-refractivity contribution in [2.45, 2.75) is 59.8 Å². The van der Waals surface area contributed by atoms with E-state index >= 15 is 0 Å². The van der Waals surface area contributed by atoms with Gasteiger partial charge in [-0.15, -0.1) is 0 Å². The van der Waals surface area contributed by atoms with Gasteiger partial charge < -0.3 is 13.8 Å². The average molecular weight is 375 g/mol. The Kier molecular flexibility index (Phi) is 8.08. The molecular formula is C17H29NO6S. The van der Waals surface area contributed by atoms with E-state index in [0.29, 0.717) is 31.6 Å². The van der Waals surface area contributed by atoms with E-state index in [0.717, 1.165) is 19.1 Å². The summed E-state index contributed by atoms with van der Waals surface area (Å²) in [5, 5.41) is 3.98. The van der Waals surface area contributed by atoms with Crippen molar-refractivity contribution in [1.82, 2.24) is 0 Å². The van der Waals surface area contributed by atoms with Gasteiger partial charge in [0.2, 0.25) is 6.79 Å². The summed E-state index contributed by atoms with van der Waals surface area (Å²) < 4.78 is 33.5. The summed E-state index contributed by atoms with van der Waals surface area (Å²) in [6, 6.07) is 0. The van der Waals surface area contributed by atoms with Crippen LogP contribution < -0.4 is 0 Å².